The van der Waals surface area contributed by atoms with Crippen LogP contribution in [0, 0.1) is 5.82 Å². The molecule has 2 heterocycles. The van der Waals surface area contributed by atoms with E-state index < -0.39 is 0 Å². The molecular weight excluding hydrogens is 327 g/mol. The topological polar surface area (TPSA) is 77.8 Å². The summed E-state index contributed by atoms with van der Waals surface area (Å²) < 4.78 is 25.1. The number of nitrogens with zero attached hydrogens (tertiary/aromatic N) is 3. The van der Waals surface area contributed by atoms with Gasteiger partial charge >= 0.3 is 0 Å². The van der Waals surface area contributed by atoms with Crippen molar-refractivity contribution in [1.82, 2.24) is 19.9 Å². The van der Waals surface area contributed by atoms with Crippen LogP contribution in [0.4, 0.5) is 4.39 Å². The highest BCUT2D eigenvalue weighted by molar-refractivity contribution is 5.99. The van der Waals surface area contributed by atoms with Gasteiger partial charge in [0.15, 0.2) is 5.65 Å². The predicted molar refractivity (Wildman–Crippen MR) is 88.4 cm³/mol. The van der Waals surface area contributed by atoms with Crippen LogP contribution in [-0.2, 0) is 0 Å². The molecule has 7 nitrogen and oxygen atoms in total. The molecule has 0 fully saturated rings. The minimum absolute atomic E-state index is 0.258. The minimum Gasteiger partial charge on any atom is -0.492 e. The number of amides is 1. The third kappa shape index (κ3) is 4.03. The predicted octanol–water partition coefficient (Wildman–Crippen LogP) is 2.08. The molecule has 1 aromatic carbocycles. The summed E-state index contributed by atoms with van der Waals surface area (Å²) in [6, 6.07) is 7.37. The second-order valence-corrected chi connectivity index (χ2v) is 5.08. The summed E-state index contributed by atoms with van der Waals surface area (Å²) in [4.78, 5) is 16.6. The fourth-order valence-electron chi connectivity index (χ4n) is 2.20. The molecule has 0 unspecified atom stereocenters. The summed E-state index contributed by atoms with van der Waals surface area (Å²) in [6.45, 7) is 2.89. The Kier molecular flexibility index (Phi) is 5.08. The largest absolute Gasteiger partial charge is 0.492 e. The Balaban J connectivity index is 1.58. The Bertz CT molecular complexity index is 864. The van der Waals surface area contributed by atoms with Gasteiger partial charge in [0, 0.05) is 12.3 Å². The third-order valence-corrected chi connectivity index (χ3v) is 3.35. The molecule has 3 rings (SSSR count). The number of rotatable bonds is 7. The molecule has 0 aliphatic heterocycles. The van der Waals surface area contributed by atoms with Gasteiger partial charge in [-0.05, 0) is 31.2 Å². The first-order valence-corrected chi connectivity index (χ1v) is 7.81. The minimum atomic E-state index is -0.326. The molecule has 0 aliphatic carbocycles. The van der Waals surface area contributed by atoms with E-state index in [0.29, 0.717) is 36.0 Å². The van der Waals surface area contributed by atoms with Gasteiger partial charge in [0.25, 0.3) is 5.91 Å². The molecule has 25 heavy (non-hydrogen) atoms. The van der Waals surface area contributed by atoms with E-state index in [-0.39, 0.29) is 18.3 Å². The Hall–Kier alpha value is -3.16. The number of hydrogen-bond donors (Lipinski definition) is 1. The molecule has 8 heteroatoms. The van der Waals surface area contributed by atoms with E-state index in [0.717, 1.165) is 0 Å². The molecule has 2 aromatic heterocycles. The SMILES string of the molecule is CCOc1ccn2ncc(C(=O)NCCOc3ccc(F)cc3)c2n1. The van der Waals surface area contributed by atoms with Gasteiger partial charge in [-0.2, -0.15) is 10.1 Å². The van der Waals surface area contributed by atoms with Gasteiger partial charge in [-0.25, -0.2) is 8.91 Å². The number of aromatic nitrogens is 3. The number of ether oxygens (including phenoxy) is 2. The van der Waals surface area contributed by atoms with Crippen LogP contribution in [0.2, 0.25) is 0 Å². The molecule has 1 N–H and O–H groups in total. The lowest BCUT2D eigenvalue weighted by molar-refractivity contribution is 0.0948. The van der Waals surface area contributed by atoms with E-state index in [1.165, 1.54) is 35.0 Å². The first kappa shape index (κ1) is 16.7. The molecule has 3 aromatic rings. The van der Waals surface area contributed by atoms with E-state index in [9.17, 15) is 9.18 Å². The van der Waals surface area contributed by atoms with Crippen molar-refractivity contribution in [2.45, 2.75) is 6.92 Å². The van der Waals surface area contributed by atoms with Gasteiger partial charge < -0.3 is 14.8 Å². The number of nitrogens with one attached hydrogen (secondary N) is 1. The standard InChI is InChI=1S/C17H17FN4O3/c1-2-24-15-7-9-22-16(21-15)14(11-20-22)17(23)19-8-10-25-13-5-3-12(18)4-6-13/h3-7,9,11H,2,8,10H2,1H3,(H,19,23). The molecule has 0 saturated heterocycles. The van der Waals surface area contributed by atoms with Crippen LogP contribution in [0.5, 0.6) is 11.6 Å². The highest BCUT2D eigenvalue weighted by Crippen LogP contribution is 2.13. The number of benzene rings is 1. The zero-order valence-electron chi connectivity index (χ0n) is 13.6. The summed E-state index contributed by atoms with van der Waals surface area (Å²) in [6.07, 6.45) is 3.13. The summed E-state index contributed by atoms with van der Waals surface area (Å²) in [7, 11) is 0. The Morgan fingerprint density at radius 1 is 1.24 bits per heavy atom. The summed E-state index contributed by atoms with van der Waals surface area (Å²) in [5.41, 5.74) is 0.770. The van der Waals surface area contributed by atoms with Crippen molar-refractivity contribution in [2.24, 2.45) is 0 Å². The summed E-state index contributed by atoms with van der Waals surface area (Å²) >= 11 is 0. The number of carbonyl (C=O) groups excluding carboxylic acids is 1. The van der Waals surface area contributed by atoms with Crippen molar-refractivity contribution in [3.8, 4) is 11.6 Å². The molecule has 0 aliphatic rings. The van der Waals surface area contributed by atoms with Crippen molar-refractivity contribution in [1.29, 1.82) is 0 Å². The fraction of sp³-hybridized carbons (Fsp3) is 0.235. The fourth-order valence-corrected chi connectivity index (χ4v) is 2.20. The van der Waals surface area contributed by atoms with Crippen molar-refractivity contribution in [2.75, 3.05) is 19.8 Å². The number of fused-ring (bicyclic) bond motifs is 1. The van der Waals surface area contributed by atoms with Crippen LogP contribution in [-0.4, -0.2) is 40.3 Å². The Morgan fingerprint density at radius 3 is 2.80 bits per heavy atom. The molecule has 1 amide bonds. The zero-order chi connectivity index (χ0) is 17.6. The van der Waals surface area contributed by atoms with Crippen LogP contribution in [0.15, 0.2) is 42.7 Å². The highest BCUT2D eigenvalue weighted by Gasteiger charge is 2.14. The highest BCUT2D eigenvalue weighted by atomic mass is 19.1. The molecule has 0 radical (unpaired) electrons. The van der Waals surface area contributed by atoms with E-state index in [4.69, 9.17) is 9.47 Å². The monoisotopic (exact) mass is 344 g/mol. The van der Waals surface area contributed by atoms with E-state index in [1.54, 1.807) is 12.3 Å². The number of halogens is 1. The van der Waals surface area contributed by atoms with Gasteiger partial charge in [-0.1, -0.05) is 0 Å². The molecule has 0 atom stereocenters. The van der Waals surface area contributed by atoms with E-state index >= 15 is 0 Å². The van der Waals surface area contributed by atoms with Gasteiger partial charge in [0.2, 0.25) is 5.88 Å². The lowest BCUT2D eigenvalue weighted by Crippen LogP contribution is -2.28. The maximum absolute atomic E-state index is 12.8. The van der Waals surface area contributed by atoms with E-state index in [2.05, 4.69) is 15.4 Å². The Labute approximate surface area is 143 Å². The molecular formula is C17H17FN4O3. The van der Waals surface area contributed by atoms with Gasteiger partial charge in [0.05, 0.1) is 19.3 Å². The first-order valence-electron chi connectivity index (χ1n) is 7.81. The second kappa shape index (κ2) is 7.61. The summed E-state index contributed by atoms with van der Waals surface area (Å²) in [5, 5.41) is 6.83. The smallest absolute Gasteiger partial charge is 0.256 e. The maximum atomic E-state index is 12.8. The third-order valence-electron chi connectivity index (χ3n) is 3.35. The molecule has 0 saturated carbocycles. The van der Waals surface area contributed by atoms with E-state index in [1.807, 2.05) is 6.92 Å². The van der Waals surface area contributed by atoms with Crippen LogP contribution in [0.3, 0.4) is 0 Å². The van der Waals surface area contributed by atoms with Crippen LogP contribution >= 0.6 is 0 Å². The second-order valence-electron chi connectivity index (χ2n) is 5.08. The van der Waals surface area contributed by atoms with Gasteiger partial charge in [0.1, 0.15) is 23.7 Å². The first-order chi connectivity index (χ1) is 12.2. The van der Waals surface area contributed by atoms with Crippen molar-refractivity contribution in [3.05, 3.63) is 54.1 Å². The summed E-state index contributed by atoms with van der Waals surface area (Å²) in [5.74, 6) is 0.338. The molecule has 0 bridgehead atoms. The zero-order valence-corrected chi connectivity index (χ0v) is 13.6. The van der Waals surface area contributed by atoms with Crippen LogP contribution < -0.4 is 14.8 Å². The van der Waals surface area contributed by atoms with Crippen molar-refractivity contribution < 1.29 is 18.7 Å². The molecule has 0 spiro atoms. The quantitative estimate of drug-likeness (QED) is 0.664. The molecule has 130 valence electrons. The lowest BCUT2D eigenvalue weighted by atomic mass is 10.3. The maximum Gasteiger partial charge on any atom is 0.256 e. The van der Waals surface area contributed by atoms with Crippen LogP contribution in [0.1, 0.15) is 17.3 Å². The normalized spacial score (nSPS) is 10.6. The average molecular weight is 344 g/mol. The van der Waals surface area contributed by atoms with Gasteiger partial charge in [-0.15, -0.1) is 0 Å². The average Bonchev–Trinajstić information content (AvgIpc) is 3.04. The number of carbonyl (C=O) groups is 1. The van der Waals surface area contributed by atoms with Gasteiger partial charge in [-0.3, -0.25) is 4.79 Å². The van der Waals surface area contributed by atoms with Crippen LogP contribution in [0.25, 0.3) is 5.65 Å². The van der Waals surface area contributed by atoms with Crippen molar-refractivity contribution in [3.63, 3.8) is 0 Å². The lowest BCUT2D eigenvalue weighted by Gasteiger charge is -2.07. The number of hydrogen-bond acceptors (Lipinski definition) is 5. The Morgan fingerprint density at radius 2 is 2.04 bits per heavy atom. The van der Waals surface area contributed by atoms with Crippen molar-refractivity contribution >= 4 is 11.6 Å².